The lowest BCUT2D eigenvalue weighted by molar-refractivity contribution is -0.384. The largest absolute Gasteiger partial charge is 0.391 e. The quantitative estimate of drug-likeness (QED) is 0.673. The number of hydrogen-bond acceptors (Lipinski definition) is 4. The van der Waals surface area contributed by atoms with E-state index in [4.69, 9.17) is 23.2 Å². The molecule has 0 bridgehead atoms. The molecule has 2 rings (SSSR count). The Balaban J connectivity index is 2.38. The summed E-state index contributed by atoms with van der Waals surface area (Å²) in [4.78, 5) is 12.4. The van der Waals surface area contributed by atoms with Crippen LogP contribution in [0.4, 0.5) is 11.4 Å². The minimum Gasteiger partial charge on any atom is -0.391 e. The summed E-state index contributed by atoms with van der Waals surface area (Å²) >= 11 is 11.7. The van der Waals surface area contributed by atoms with Crippen LogP contribution in [0.2, 0.25) is 10.0 Å². The first-order chi connectivity index (χ1) is 8.90. The highest BCUT2D eigenvalue weighted by atomic mass is 35.5. The van der Waals surface area contributed by atoms with Crippen LogP contribution < -0.4 is 4.90 Å². The Bertz CT molecular complexity index is 510. The van der Waals surface area contributed by atoms with Gasteiger partial charge in [-0.15, -0.1) is 0 Å². The molecule has 0 spiro atoms. The molecule has 0 saturated carbocycles. The van der Waals surface area contributed by atoms with Gasteiger partial charge in [0.05, 0.1) is 21.1 Å². The fraction of sp³-hybridized carbons (Fsp3) is 0.500. The van der Waals surface area contributed by atoms with Crippen LogP contribution in [-0.4, -0.2) is 29.2 Å². The number of halogens is 2. The van der Waals surface area contributed by atoms with E-state index in [1.807, 2.05) is 6.92 Å². The molecule has 2 atom stereocenters. The molecular formula is C12H14Cl2N2O3. The predicted molar refractivity (Wildman–Crippen MR) is 75.1 cm³/mol. The number of anilines is 1. The second kappa shape index (κ2) is 5.53. The third-order valence-electron chi connectivity index (χ3n) is 3.47. The van der Waals surface area contributed by atoms with Crippen molar-refractivity contribution in [3.05, 3.63) is 32.3 Å². The average molecular weight is 305 g/mol. The lowest BCUT2D eigenvalue weighted by Crippen LogP contribution is -2.43. The molecule has 1 fully saturated rings. The molecule has 0 amide bonds. The first-order valence-electron chi connectivity index (χ1n) is 5.96. The van der Waals surface area contributed by atoms with Crippen LogP contribution in [-0.2, 0) is 0 Å². The van der Waals surface area contributed by atoms with E-state index in [1.165, 1.54) is 12.1 Å². The maximum absolute atomic E-state index is 11.1. The molecule has 2 unspecified atom stereocenters. The summed E-state index contributed by atoms with van der Waals surface area (Å²) in [5, 5.41) is 21.4. The number of piperidine rings is 1. The van der Waals surface area contributed by atoms with Crippen molar-refractivity contribution < 1.29 is 10.0 Å². The normalized spacial score (nSPS) is 23.5. The minimum absolute atomic E-state index is 0.0869. The van der Waals surface area contributed by atoms with E-state index in [0.717, 1.165) is 6.42 Å². The summed E-state index contributed by atoms with van der Waals surface area (Å²) in [7, 11) is 0. The monoisotopic (exact) mass is 304 g/mol. The van der Waals surface area contributed by atoms with E-state index >= 15 is 0 Å². The molecule has 1 aliphatic rings. The van der Waals surface area contributed by atoms with E-state index < -0.39 is 11.0 Å². The van der Waals surface area contributed by atoms with Crippen LogP contribution in [0, 0.1) is 16.0 Å². The van der Waals surface area contributed by atoms with Crippen LogP contribution in [0.25, 0.3) is 0 Å². The summed E-state index contributed by atoms with van der Waals surface area (Å²) in [6.07, 6.45) is 0.279. The zero-order valence-corrected chi connectivity index (χ0v) is 11.9. The Labute approximate surface area is 120 Å². The summed E-state index contributed by atoms with van der Waals surface area (Å²) in [5.74, 6) is 0.193. The highest BCUT2D eigenvalue weighted by Crippen LogP contribution is 2.37. The highest BCUT2D eigenvalue weighted by Gasteiger charge is 2.29. The van der Waals surface area contributed by atoms with Gasteiger partial charge in [0, 0.05) is 19.2 Å². The van der Waals surface area contributed by atoms with Crippen LogP contribution in [0.5, 0.6) is 0 Å². The smallest absolute Gasteiger partial charge is 0.294 e. The molecule has 1 N–H and O–H groups in total. The molecule has 7 heteroatoms. The average Bonchev–Trinajstić information content (AvgIpc) is 2.35. The number of hydrogen-bond donors (Lipinski definition) is 1. The molecule has 1 heterocycles. The number of nitro groups is 1. The van der Waals surface area contributed by atoms with Gasteiger partial charge in [0.25, 0.3) is 5.69 Å². The molecule has 1 aromatic rings. The number of aliphatic hydroxyl groups is 1. The van der Waals surface area contributed by atoms with Crippen molar-refractivity contribution in [1.82, 2.24) is 0 Å². The van der Waals surface area contributed by atoms with Crippen molar-refractivity contribution in [3.63, 3.8) is 0 Å². The van der Waals surface area contributed by atoms with Crippen molar-refractivity contribution in [2.24, 2.45) is 5.92 Å². The van der Waals surface area contributed by atoms with Crippen molar-refractivity contribution in [2.75, 3.05) is 18.0 Å². The second-order valence-electron chi connectivity index (χ2n) is 4.79. The summed E-state index contributed by atoms with van der Waals surface area (Å²) in [6.45, 7) is 2.97. The number of nitrogens with zero attached hydrogens (tertiary/aromatic N) is 2. The van der Waals surface area contributed by atoms with E-state index in [2.05, 4.69) is 0 Å². The fourth-order valence-electron chi connectivity index (χ4n) is 2.19. The van der Waals surface area contributed by atoms with Gasteiger partial charge in [-0.3, -0.25) is 10.1 Å². The van der Waals surface area contributed by atoms with E-state index in [9.17, 15) is 15.2 Å². The van der Waals surface area contributed by atoms with Gasteiger partial charge >= 0.3 is 0 Å². The van der Waals surface area contributed by atoms with Crippen molar-refractivity contribution in [3.8, 4) is 0 Å². The van der Waals surface area contributed by atoms with Gasteiger partial charge in [0.1, 0.15) is 5.69 Å². The van der Waals surface area contributed by atoms with E-state index in [-0.39, 0.29) is 21.7 Å². The Morgan fingerprint density at radius 3 is 2.63 bits per heavy atom. The zero-order chi connectivity index (χ0) is 14.2. The van der Waals surface area contributed by atoms with Gasteiger partial charge in [-0.05, 0) is 18.4 Å². The molecule has 0 aromatic heterocycles. The predicted octanol–water partition coefficient (Wildman–Crippen LogP) is 3.11. The van der Waals surface area contributed by atoms with Gasteiger partial charge in [-0.1, -0.05) is 30.1 Å². The number of benzene rings is 1. The van der Waals surface area contributed by atoms with E-state index in [1.54, 1.807) is 4.90 Å². The Morgan fingerprint density at radius 1 is 1.42 bits per heavy atom. The third-order valence-corrected chi connectivity index (χ3v) is 4.20. The Hall–Kier alpha value is -1.04. The number of β-amino-alcohol motifs (C(OH)–C–C–N with tert-alkyl or cyclic N) is 1. The SMILES string of the molecule is CC1CCN(c2cc(Cl)c(Cl)cc2[N+](=O)[O-])CC1O. The van der Waals surface area contributed by atoms with Crippen molar-refractivity contribution in [1.29, 1.82) is 0 Å². The van der Waals surface area contributed by atoms with Crippen molar-refractivity contribution in [2.45, 2.75) is 19.4 Å². The first-order valence-corrected chi connectivity index (χ1v) is 6.72. The van der Waals surface area contributed by atoms with Crippen LogP contribution in [0.15, 0.2) is 12.1 Å². The lowest BCUT2D eigenvalue weighted by atomic mass is 9.95. The molecular weight excluding hydrogens is 291 g/mol. The molecule has 19 heavy (non-hydrogen) atoms. The van der Waals surface area contributed by atoms with Gasteiger partial charge < -0.3 is 10.0 Å². The maximum Gasteiger partial charge on any atom is 0.294 e. The summed E-state index contributed by atoms with van der Waals surface area (Å²) in [6, 6.07) is 2.74. The van der Waals surface area contributed by atoms with Gasteiger partial charge in [-0.2, -0.15) is 0 Å². The Morgan fingerprint density at radius 2 is 2.05 bits per heavy atom. The molecule has 1 aliphatic heterocycles. The second-order valence-corrected chi connectivity index (χ2v) is 5.61. The molecule has 1 saturated heterocycles. The highest BCUT2D eigenvalue weighted by molar-refractivity contribution is 6.42. The maximum atomic E-state index is 11.1. The van der Waals surface area contributed by atoms with Crippen LogP contribution >= 0.6 is 23.2 Å². The van der Waals surface area contributed by atoms with E-state index in [0.29, 0.717) is 18.8 Å². The lowest BCUT2D eigenvalue weighted by Gasteiger charge is -2.35. The molecule has 0 radical (unpaired) electrons. The topological polar surface area (TPSA) is 66.6 Å². The number of rotatable bonds is 2. The standard InChI is InChI=1S/C12H14Cl2N2O3/c1-7-2-3-15(6-12(7)17)10-4-8(13)9(14)5-11(10)16(18)19/h4-5,7,12,17H,2-3,6H2,1H3. The molecule has 1 aromatic carbocycles. The minimum atomic E-state index is -0.497. The van der Waals surface area contributed by atoms with Crippen LogP contribution in [0.3, 0.4) is 0 Å². The number of aliphatic hydroxyl groups excluding tert-OH is 1. The first kappa shape index (κ1) is 14.4. The Kier molecular flexibility index (Phi) is 4.18. The van der Waals surface area contributed by atoms with Gasteiger partial charge in [-0.25, -0.2) is 0 Å². The van der Waals surface area contributed by atoms with Gasteiger partial charge in [0.2, 0.25) is 0 Å². The van der Waals surface area contributed by atoms with Gasteiger partial charge in [0.15, 0.2) is 0 Å². The molecule has 5 nitrogen and oxygen atoms in total. The molecule has 104 valence electrons. The summed E-state index contributed by atoms with van der Waals surface area (Å²) in [5.41, 5.74) is 0.321. The summed E-state index contributed by atoms with van der Waals surface area (Å²) < 4.78 is 0. The van der Waals surface area contributed by atoms with Crippen LogP contribution in [0.1, 0.15) is 13.3 Å². The zero-order valence-electron chi connectivity index (χ0n) is 10.3. The molecule has 0 aliphatic carbocycles. The fourth-order valence-corrected chi connectivity index (χ4v) is 2.51. The third kappa shape index (κ3) is 2.94. The number of nitro benzene ring substituents is 1. The van der Waals surface area contributed by atoms with Crippen molar-refractivity contribution >= 4 is 34.6 Å².